The highest BCUT2D eigenvalue weighted by Crippen LogP contribution is 2.25. The molecule has 70 valence electrons. The minimum Gasteiger partial charge on any atom is -0.312 e. The smallest absolute Gasteiger partial charge is 0.106 e. The SMILES string of the molecule is NC(Cl)c1ccc2c(c1)CCCC2. The van der Waals surface area contributed by atoms with Crippen LogP contribution in [-0.2, 0) is 12.8 Å². The number of hydrogen-bond donors (Lipinski definition) is 1. The van der Waals surface area contributed by atoms with Crippen LogP contribution in [0, 0.1) is 0 Å². The fourth-order valence-electron chi connectivity index (χ4n) is 1.92. The summed E-state index contributed by atoms with van der Waals surface area (Å²) >= 11 is 5.82. The maximum atomic E-state index is 5.82. The van der Waals surface area contributed by atoms with Crippen LogP contribution in [0.4, 0.5) is 0 Å². The first-order valence-corrected chi connectivity index (χ1v) is 5.22. The van der Waals surface area contributed by atoms with E-state index >= 15 is 0 Å². The molecule has 1 unspecified atom stereocenters. The van der Waals surface area contributed by atoms with Crippen LogP contribution in [0.25, 0.3) is 0 Å². The normalized spacial score (nSPS) is 18.0. The summed E-state index contributed by atoms with van der Waals surface area (Å²) in [6.07, 6.45) is 5.02. The Morgan fingerprint density at radius 3 is 2.54 bits per heavy atom. The van der Waals surface area contributed by atoms with Gasteiger partial charge < -0.3 is 5.73 Å². The molecule has 0 spiro atoms. The molecule has 0 radical (unpaired) electrons. The van der Waals surface area contributed by atoms with E-state index in [1.54, 1.807) is 0 Å². The highest BCUT2D eigenvalue weighted by atomic mass is 35.5. The summed E-state index contributed by atoms with van der Waals surface area (Å²) in [5.41, 5.74) is 9.22. The first-order chi connectivity index (χ1) is 6.27. The van der Waals surface area contributed by atoms with Crippen LogP contribution in [-0.4, -0.2) is 0 Å². The summed E-state index contributed by atoms with van der Waals surface area (Å²) in [6.45, 7) is 0. The van der Waals surface area contributed by atoms with E-state index < -0.39 is 0 Å². The average Bonchev–Trinajstić information content (AvgIpc) is 2.17. The van der Waals surface area contributed by atoms with Crippen molar-refractivity contribution in [3.8, 4) is 0 Å². The van der Waals surface area contributed by atoms with Crippen molar-refractivity contribution in [1.29, 1.82) is 0 Å². The Morgan fingerprint density at radius 1 is 1.15 bits per heavy atom. The molecule has 1 aromatic carbocycles. The zero-order chi connectivity index (χ0) is 9.26. The van der Waals surface area contributed by atoms with E-state index in [0.717, 1.165) is 5.56 Å². The van der Waals surface area contributed by atoms with E-state index in [4.69, 9.17) is 17.3 Å². The third-order valence-electron chi connectivity index (χ3n) is 2.69. The fraction of sp³-hybridized carbons (Fsp3) is 0.455. The molecule has 0 saturated heterocycles. The van der Waals surface area contributed by atoms with Crippen LogP contribution < -0.4 is 5.73 Å². The van der Waals surface area contributed by atoms with Gasteiger partial charge in [-0.3, -0.25) is 0 Å². The molecule has 0 heterocycles. The van der Waals surface area contributed by atoms with Crippen molar-refractivity contribution in [3.63, 3.8) is 0 Å². The Balaban J connectivity index is 2.35. The number of nitrogens with two attached hydrogens (primary N) is 1. The van der Waals surface area contributed by atoms with Gasteiger partial charge in [0.1, 0.15) is 5.50 Å². The second-order valence-electron chi connectivity index (χ2n) is 3.64. The molecular formula is C11H14ClN. The largest absolute Gasteiger partial charge is 0.312 e. The maximum absolute atomic E-state index is 5.82. The second-order valence-corrected chi connectivity index (χ2v) is 4.11. The molecule has 0 saturated carbocycles. The molecule has 0 fully saturated rings. The van der Waals surface area contributed by atoms with Crippen LogP contribution in [0.5, 0.6) is 0 Å². The molecule has 2 heteroatoms. The van der Waals surface area contributed by atoms with Gasteiger partial charge in [0.2, 0.25) is 0 Å². The van der Waals surface area contributed by atoms with E-state index in [9.17, 15) is 0 Å². The summed E-state index contributed by atoms with van der Waals surface area (Å²) < 4.78 is 0. The van der Waals surface area contributed by atoms with E-state index in [-0.39, 0.29) is 5.50 Å². The van der Waals surface area contributed by atoms with Gasteiger partial charge in [-0.05, 0) is 42.4 Å². The van der Waals surface area contributed by atoms with Crippen molar-refractivity contribution in [3.05, 3.63) is 34.9 Å². The van der Waals surface area contributed by atoms with E-state index in [1.165, 1.54) is 36.8 Å². The van der Waals surface area contributed by atoms with Crippen molar-refractivity contribution in [1.82, 2.24) is 0 Å². The van der Waals surface area contributed by atoms with Gasteiger partial charge in [0, 0.05) is 0 Å². The maximum Gasteiger partial charge on any atom is 0.106 e. The Morgan fingerprint density at radius 2 is 1.85 bits per heavy atom. The highest BCUT2D eigenvalue weighted by Gasteiger charge is 2.10. The van der Waals surface area contributed by atoms with Crippen LogP contribution in [0.2, 0.25) is 0 Å². The molecule has 2 rings (SSSR count). The van der Waals surface area contributed by atoms with Gasteiger partial charge in [-0.1, -0.05) is 18.2 Å². The lowest BCUT2D eigenvalue weighted by atomic mass is 9.90. The quantitative estimate of drug-likeness (QED) is 0.541. The van der Waals surface area contributed by atoms with E-state index in [0.29, 0.717) is 0 Å². The predicted molar refractivity (Wildman–Crippen MR) is 55.9 cm³/mol. The van der Waals surface area contributed by atoms with Gasteiger partial charge in [-0.2, -0.15) is 0 Å². The molecule has 0 bridgehead atoms. The minimum atomic E-state index is -0.354. The van der Waals surface area contributed by atoms with Crippen molar-refractivity contribution in [2.24, 2.45) is 5.73 Å². The predicted octanol–water partition coefficient (Wildman–Crippen LogP) is 2.76. The summed E-state index contributed by atoms with van der Waals surface area (Å²) in [7, 11) is 0. The molecule has 1 atom stereocenters. The van der Waals surface area contributed by atoms with Gasteiger partial charge in [-0.25, -0.2) is 0 Å². The molecule has 0 amide bonds. The first kappa shape index (κ1) is 9.04. The third kappa shape index (κ3) is 1.87. The van der Waals surface area contributed by atoms with Crippen LogP contribution >= 0.6 is 11.6 Å². The second kappa shape index (κ2) is 3.69. The van der Waals surface area contributed by atoms with Crippen LogP contribution in [0.1, 0.15) is 35.0 Å². The lowest BCUT2D eigenvalue weighted by Crippen LogP contribution is -2.07. The van der Waals surface area contributed by atoms with Crippen molar-refractivity contribution in [2.75, 3.05) is 0 Å². The molecule has 1 aliphatic carbocycles. The molecule has 13 heavy (non-hydrogen) atoms. The molecule has 1 nitrogen and oxygen atoms in total. The van der Waals surface area contributed by atoms with Gasteiger partial charge >= 0.3 is 0 Å². The van der Waals surface area contributed by atoms with E-state index in [1.807, 2.05) is 6.07 Å². The van der Waals surface area contributed by atoms with Gasteiger partial charge in [0.05, 0.1) is 0 Å². The number of aryl methyl sites for hydroxylation is 2. The third-order valence-corrected chi connectivity index (χ3v) is 2.94. The molecule has 0 aromatic heterocycles. The minimum absolute atomic E-state index is 0.354. The lowest BCUT2D eigenvalue weighted by molar-refractivity contribution is 0.684. The number of rotatable bonds is 1. The summed E-state index contributed by atoms with van der Waals surface area (Å²) in [6, 6.07) is 6.38. The molecular weight excluding hydrogens is 182 g/mol. The Hall–Kier alpha value is -0.530. The molecule has 1 aromatic rings. The number of alkyl halides is 1. The fourth-order valence-corrected chi connectivity index (χ4v) is 2.06. The Kier molecular flexibility index (Phi) is 2.56. The number of hydrogen-bond acceptors (Lipinski definition) is 1. The average molecular weight is 196 g/mol. The highest BCUT2D eigenvalue weighted by molar-refractivity contribution is 6.20. The summed E-state index contributed by atoms with van der Waals surface area (Å²) in [5, 5.41) is 0. The topological polar surface area (TPSA) is 26.0 Å². The van der Waals surface area contributed by atoms with Gasteiger partial charge in [0.25, 0.3) is 0 Å². The number of halogens is 1. The molecule has 0 aliphatic heterocycles. The van der Waals surface area contributed by atoms with Crippen LogP contribution in [0.15, 0.2) is 18.2 Å². The van der Waals surface area contributed by atoms with Crippen molar-refractivity contribution < 1.29 is 0 Å². The summed E-state index contributed by atoms with van der Waals surface area (Å²) in [5.74, 6) is 0. The summed E-state index contributed by atoms with van der Waals surface area (Å²) in [4.78, 5) is 0. The Labute approximate surface area is 83.9 Å². The molecule has 2 N–H and O–H groups in total. The van der Waals surface area contributed by atoms with E-state index in [2.05, 4.69) is 12.1 Å². The standard InChI is InChI=1S/C11H14ClN/c12-11(13)10-6-5-8-3-1-2-4-9(8)7-10/h5-7,11H,1-4,13H2. The molecule has 1 aliphatic rings. The van der Waals surface area contributed by atoms with Crippen molar-refractivity contribution in [2.45, 2.75) is 31.2 Å². The zero-order valence-electron chi connectivity index (χ0n) is 7.59. The lowest BCUT2D eigenvalue weighted by Gasteiger charge is -2.17. The first-order valence-electron chi connectivity index (χ1n) is 4.79. The van der Waals surface area contributed by atoms with Gasteiger partial charge in [0.15, 0.2) is 0 Å². The Bertz CT molecular complexity index is 307. The zero-order valence-corrected chi connectivity index (χ0v) is 8.35. The number of benzene rings is 1. The number of fused-ring (bicyclic) bond motifs is 1. The van der Waals surface area contributed by atoms with Crippen LogP contribution in [0.3, 0.4) is 0 Å². The monoisotopic (exact) mass is 195 g/mol. The van der Waals surface area contributed by atoms with Crippen molar-refractivity contribution >= 4 is 11.6 Å². The van der Waals surface area contributed by atoms with Gasteiger partial charge in [-0.15, -0.1) is 11.6 Å².